The summed E-state index contributed by atoms with van der Waals surface area (Å²) in [6, 6.07) is 8.91. The van der Waals surface area contributed by atoms with Crippen molar-refractivity contribution in [1.82, 2.24) is 25.5 Å². The normalized spacial score (nSPS) is 20.8. The van der Waals surface area contributed by atoms with Gasteiger partial charge in [-0.1, -0.05) is 0 Å². The van der Waals surface area contributed by atoms with Crippen molar-refractivity contribution in [1.29, 1.82) is 0 Å². The van der Waals surface area contributed by atoms with Crippen LogP contribution in [0.5, 0.6) is 0 Å². The Bertz CT molecular complexity index is 878. The molecule has 1 aliphatic heterocycles. The van der Waals surface area contributed by atoms with Gasteiger partial charge in [0.2, 0.25) is 5.95 Å². The molecular formula is C18H23N7. The maximum Gasteiger partial charge on any atom is 0.227 e. The molecule has 7 heteroatoms. The molecule has 0 bridgehead atoms. The molecule has 0 amide bonds. The quantitative estimate of drug-likeness (QED) is 0.681. The highest BCUT2D eigenvalue weighted by atomic mass is 15.3. The zero-order valence-electron chi connectivity index (χ0n) is 14.7. The highest BCUT2D eigenvalue weighted by Crippen LogP contribution is 2.22. The maximum atomic E-state index is 4.74. The predicted octanol–water partition coefficient (Wildman–Crippen LogP) is 2.59. The van der Waals surface area contributed by atoms with Crippen molar-refractivity contribution in [3.63, 3.8) is 0 Å². The fourth-order valence-corrected chi connectivity index (χ4v) is 3.42. The van der Waals surface area contributed by atoms with Crippen LogP contribution in [0.3, 0.4) is 0 Å². The molecule has 1 fully saturated rings. The molecule has 2 atom stereocenters. The number of nitrogens with one attached hydrogen (secondary N) is 3. The van der Waals surface area contributed by atoms with E-state index in [0.29, 0.717) is 12.1 Å². The van der Waals surface area contributed by atoms with Gasteiger partial charge in [-0.05, 0) is 39.0 Å². The molecule has 25 heavy (non-hydrogen) atoms. The summed E-state index contributed by atoms with van der Waals surface area (Å²) in [5.41, 5.74) is 2.96. The molecule has 3 heterocycles. The number of hydrogen-bond acceptors (Lipinski definition) is 6. The second-order valence-corrected chi connectivity index (χ2v) is 6.87. The molecule has 130 valence electrons. The molecule has 4 rings (SSSR count). The summed E-state index contributed by atoms with van der Waals surface area (Å²) in [6.45, 7) is 8.21. The van der Waals surface area contributed by atoms with Crippen LogP contribution < -0.4 is 15.5 Å². The second kappa shape index (κ2) is 6.33. The van der Waals surface area contributed by atoms with Crippen molar-refractivity contribution in [2.75, 3.05) is 23.3 Å². The molecule has 2 unspecified atom stereocenters. The van der Waals surface area contributed by atoms with E-state index in [0.717, 1.165) is 47.1 Å². The van der Waals surface area contributed by atoms with Gasteiger partial charge < -0.3 is 15.5 Å². The number of benzene rings is 1. The molecule has 3 N–H and O–H groups in total. The van der Waals surface area contributed by atoms with E-state index in [1.807, 2.05) is 31.3 Å². The number of H-pyrrole nitrogens is 1. The molecule has 0 radical (unpaired) electrons. The Morgan fingerprint density at radius 1 is 1.12 bits per heavy atom. The van der Waals surface area contributed by atoms with Crippen LogP contribution in [0, 0.1) is 6.92 Å². The van der Waals surface area contributed by atoms with Crippen molar-refractivity contribution in [2.45, 2.75) is 32.9 Å². The summed E-state index contributed by atoms with van der Waals surface area (Å²) < 4.78 is 0. The molecule has 7 nitrogen and oxygen atoms in total. The molecule has 1 aliphatic rings. The van der Waals surface area contributed by atoms with Gasteiger partial charge in [0.15, 0.2) is 0 Å². The van der Waals surface area contributed by atoms with Crippen LogP contribution in [0.1, 0.15) is 19.5 Å². The number of fused-ring (bicyclic) bond motifs is 1. The van der Waals surface area contributed by atoms with Gasteiger partial charge in [0.05, 0.1) is 11.7 Å². The largest absolute Gasteiger partial charge is 0.340 e. The Kier molecular flexibility index (Phi) is 4.01. The Morgan fingerprint density at radius 3 is 2.72 bits per heavy atom. The van der Waals surface area contributed by atoms with E-state index in [9.17, 15) is 0 Å². The summed E-state index contributed by atoms with van der Waals surface area (Å²) in [7, 11) is 0. The highest BCUT2D eigenvalue weighted by Gasteiger charge is 2.23. The molecule has 2 aromatic heterocycles. The Balaban J connectivity index is 1.60. The molecule has 1 aromatic carbocycles. The van der Waals surface area contributed by atoms with E-state index >= 15 is 0 Å². The van der Waals surface area contributed by atoms with Crippen molar-refractivity contribution in [3.8, 4) is 0 Å². The topological polar surface area (TPSA) is 81.8 Å². The van der Waals surface area contributed by atoms with Crippen LogP contribution >= 0.6 is 0 Å². The van der Waals surface area contributed by atoms with Crippen LogP contribution in [0.15, 0.2) is 30.5 Å². The standard InChI is InChI=1S/C18H23N7/c1-11-6-17(22-15-4-5-16-14(7-15)8-19-24-16)23-18(21-11)25-9-12(2)20-13(3)10-25/h4-8,12-13,20H,9-10H2,1-3H3,(H,19,24)(H,21,22,23). The number of aryl methyl sites for hydroxylation is 1. The van der Waals surface area contributed by atoms with Crippen LogP contribution in [-0.2, 0) is 0 Å². The van der Waals surface area contributed by atoms with Crippen LogP contribution in [0.25, 0.3) is 10.9 Å². The first kappa shape index (κ1) is 15.8. The first-order chi connectivity index (χ1) is 12.1. The molecular weight excluding hydrogens is 314 g/mol. The lowest BCUT2D eigenvalue weighted by Crippen LogP contribution is -2.54. The van der Waals surface area contributed by atoms with E-state index in [2.05, 4.69) is 50.6 Å². The zero-order valence-corrected chi connectivity index (χ0v) is 14.7. The zero-order chi connectivity index (χ0) is 17.4. The first-order valence-electron chi connectivity index (χ1n) is 8.63. The van der Waals surface area contributed by atoms with Gasteiger partial charge in [-0.3, -0.25) is 5.10 Å². The van der Waals surface area contributed by atoms with Gasteiger partial charge in [-0.15, -0.1) is 0 Å². The highest BCUT2D eigenvalue weighted by molar-refractivity contribution is 5.82. The van der Waals surface area contributed by atoms with E-state index in [4.69, 9.17) is 4.98 Å². The minimum Gasteiger partial charge on any atom is -0.340 e. The average molecular weight is 337 g/mol. The van der Waals surface area contributed by atoms with Crippen LogP contribution in [-0.4, -0.2) is 45.3 Å². The van der Waals surface area contributed by atoms with Crippen molar-refractivity contribution < 1.29 is 0 Å². The van der Waals surface area contributed by atoms with E-state index < -0.39 is 0 Å². The van der Waals surface area contributed by atoms with E-state index in [1.54, 1.807) is 0 Å². The number of piperazine rings is 1. The lowest BCUT2D eigenvalue weighted by atomic mass is 10.1. The lowest BCUT2D eigenvalue weighted by molar-refractivity contribution is 0.403. The molecule has 0 spiro atoms. The van der Waals surface area contributed by atoms with E-state index in [-0.39, 0.29) is 0 Å². The van der Waals surface area contributed by atoms with Gasteiger partial charge in [0.25, 0.3) is 0 Å². The predicted molar refractivity (Wildman–Crippen MR) is 100 cm³/mol. The lowest BCUT2D eigenvalue weighted by Gasteiger charge is -2.36. The van der Waals surface area contributed by atoms with Crippen LogP contribution in [0.2, 0.25) is 0 Å². The summed E-state index contributed by atoms with van der Waals surface area (Å²) in [6.07, 6.45) is 1.82. The number of hydrogen-bond donors (Lipinski definition) is 3. The monoisotopic (exact) mass is 337 g/mol. The molecule has 1 saturated heterocycles. The SMILES string of the molecule is Cc1cc(Nc2ccc3[nH]ncc3c2)nc(N2CC(C)NC(C)C2)n1. The Morgan fingerprint density at radius 2 is 1.92 bits per heavy atom. The Hall–Kier alpha value is -2.67. The second-order valence-electron chi connectivity index (χ2n) is 6.87. The molecule has 0 saturated carbocycles. The first-order valence-corrected chi connectivity index (χ1v) is 8.63. The number of anilines is 3. The fourth-order valence-electron chi connectivity index (χ4n) is 3.42. The van der Waals surface area contributed by atoms with Crippen molar-refractivity contribution in [2.24, 2.45) is 0 Å². The summed E-state index contributed by atoms with van der Waals surface area (Å²) in [5, 5.41) is 15.0. The third-order valence-electron chi connectivity index (χ3n) is 4.40. The number of rotatable bonds is 3. The third kappa shape index (κ3) is 3.41. The van der Waals surface area contributed by atoms with Gasteiger partial charge in [0, 0.05) is 48.0 Å². The molecule has 0 aliphatic carbocycles. The smallest absolute Gasteiger partial charge is 0.227 e. The summed E-state index contributed by atoms with van der Waals surface area (Å²) >= 11 is 0. The number of nitrogens with zero attached hydrogens (tertiary/aromatic N) is 4. The van der Waals surface area contributed by atoms with Gasteiger partial charge >= 0.3 is 0 Å². The van der Waals surface area contributed by atoms with Crippen molar-refractivity contribution >= 4 is 28.4 Å². The minimum absolute atomic E-state index is 0.424. The summed E-state index contributed by atoms with van der Waals surface area (Å²) in [5.74, 6) is 1.59. The van der Waals surface area contributed by atoms with Gasteiger partial charge in [-0.25, -0.2) is 4.98 Å². The maximum absolute atomic E-state index is 4.74. The van der Waals surface area contributed by atoms with Gasteiger partial charge in [-0.2, -0.15) is 10.1 Å². The summed E-state index contributed by atoms with van der Waals surface area (Å²) in [4.78, 5) is 11.6. The van der Waals surface area contributed by atoms with Gasteiger partial charge in [0.1, 0.15) is 5.82 Å². The Labute approximate surface area is 146 Å². The van der Waals surface area contributed by atoms with E-state index in [1.165, 1.54) is 0 Å². The number of aromatic amines is 1. The van der Waals surface area contributed by atoms with Crippen LogP contribution in [0.4, 0.5) is 17.5 Å². The third-order valence-corrected chi connectivity index (χ3v) is 4.40. The van der Waals surface area contributed by atoms with Crippen molar-refractivity contribution in [3.05, 3.63) is 36.2 Å². The average Bonchev–Trinajstić information content (AvgIpc) is 3.01. The fraction of sp³-hybridized carbons (Fsp3) is 0.389. The number of aromatic nitrogens is 4. The minimum atomic E-state index is 0.424. The molecule has 3 aromatic rings.